The van der Waals surface area contributed by atoms with Gasteiger partial charge in [0.25, 0.3) is 11.5 Å². The number of amides is 1. The molecule has 1 aromatic heterocycles. The number of thioether (sulfide) groups is 1. The van der Waals surface area contributed by atoms with E-state index >= 15 is 0 Å². The van der Waals surface area contributed by atoms with E-state index in [2.05, 4.69) is 0 Å². The van der Waals surface area contributed by atoms with Gasteiger partial charge in [0.2, 0.25) is 0 Å². The quantitative estimate of drug-likeness (QED) is 0.232. The number of halogens is 1. The van der Waals surface area contributed by atoms with Crippen molar-refractivity contribution in [2.24, 2.45) is 0 Å². The molecule has 5 rings (SSSR count). The summed E-state index contributed by atoms with van der Waals surface area (Å²) >= 11 is 7.50. The Labute approximate surface area is 218 Å². The van der Waals surface area contributed by atoms with Crippen LogP contribution in [0, 0.1) is 0 Å². The number of nitrogens with zero attached hydrogens (tertiary/aromatic N) is 3. The normalized spacial score (nSPS) is 13.7. The van der Waals surface area contributed by atoms with Gasteiger partial charge in [0.15, 0.2) is 5.16 Å². The van der Waals surface area contributed by atoms with Crippen LogP contribution in [0.4, 0.5) is 0 Å². The number of carbonyl (C=O) groups excluding carboxylic acids is 1. The van der Waals surface area contributed by atoms with Crippen LogP contribution >= 0.6 is 23.4 Å². The molecule has 0 unspecified atom stereocenters. The van der Waals surface area contributed by atoms with Gasteiger partial charge in [-0.15, -0.1) is 0 Å². The van der Waals surface area contributed by atoms with Crippen molar-refractivity contribution in [2.75, 3.05) is 20.2 Å². The first kappa shape index (κ1) is 24.4. The predicted octanol–water partition coefficient (Wildman–Crippen LogP) is 5.97. The fourth-order valence-electron chi connectivity index (χ4n) is 4.38. The van der Waals surface area contributed by atoms with Crippen molar-refractivity contribution < 1.29 is 9.53 Å². The van der Waals surface area contributed by atoms with Gasteiger partial charge in [-0.25, -0.2) is 4.98 Å². The number of methoxy groups -OCH3 is 1. The zero-order valence-corrected chi connectivity index (χ0v) is 21.5. The third-order valence-corrected chi connectivity index (χ3v) is 7.58. The predicted molar refractivity (Wildman–Crippen MR) is 145 cm³/mol. The number of benzene rings is 3. The van der Waals surface area contributed by atoms with Crippen LogP contribution < -0.4 is 10.3 Å². The highest BCUT2D eigenvalue weighted by Gasteiger charge is 2.20. The van der Waals surface area contributed by atoms with E-state index in [-0.39, 0.29) is 11.5 Å². The number of hydrogen-bond donors (Lipinski definition) is 0. The molecular formula is C28H26ClN3O3S. The van der Waals surface area contributed by atoms with Crippen LogP contribution in [-0.2, 0) is 5.75 Å². The highest BCUT2D eigenvalue weighted by atomic mass is 35.5. The van der Waals surface area contributed by atoms with Crippen molar-refractivity contribution in [3.05, 3.63) is 93.2 Å². The van der Waals surface area contributed by atoms with E-state index < -0.39 is 0 Å². The highest BCUT2D eigenvalue weighted by Crippen LogP contribution is 2.27. The molecule has 0 saturated carbocycles. The summed E-state index contributed by atoms with van der Waals surface area (Å²) < 4.78 is 7.00. The number of piperidine rings is 1. The topological polar surface area (TPSA) is 64.4 Å². The van der Waals surface area contributed by atoms with Crippen LogP contribution in [0.25, 0.3) is 16.6 Å². The van der Waals surface area contributed by atoms with Gasteiger partial charge in [0.05, 0.1) is 23.7 Å². The van der Waals surface area contributed by atoms with Gasteiger partial charge < -0.3 is 9.64 Å². The molecule has 1 aliphatic heterocycles. The van der Waals surface area contributed by atoms with Crippen LogP contribution in [0.15, 0.2) is 76.7 Å². The van der Waals surface area contributed by atoms with Crippen LogP contribution in [0.3, 0.4) is 0 Å². The average molecular weight is 520 g/mol. The summed E-state index contributed by atoms with van der Waals surface area (Å²) in [6.07, 6.45) is 3.20. The molecule has 0 aliphatic carbocycles. The Morgan fingerprint density at radius 2 is 1.81 bits per heavy atom. The summed E-state index contributed by atoms with van der Waals surface area (Å²) in [6, 6.07) is 20.2. The smallest absolute Gasteiger partial charge is 0.266 e. The molecule has 1 amide bonds. The van der Waals surface area contributed by atoms with Gasteiger partial charge >= 0.3 is 0 Å². The summed E-state index contributed by atoms with van der Waals surface area (Å²) in [6.45, 7) is 1.54. The second kappa shape index (κ2) is 10.8. The zero-order chi connectivity index (χ0) is 25.1. The summed E-state index contributed by atoms with van der Waals surface area (Å²) in [4.78, 5) is 33.6. The lowest BCUT2D eigenvalue weighted by molar-refractivity contribution is 0.0724. The third kappa shape index (κ3) is 5.13. The molecule has 0 atom stereocenters. The molecule has 0 N–H and O–H groups in total. The minimum Gasteiger partial charge on any atom is -0.497 e. The largest absolute Gasteiger partial charge is 0.497 e. The van der Waals surface area contributed by atoms with E-state index in [0.29, 0.717) is 43.8 Å². The molecule has 1 aliphatic rings. The van der Waals surface area contributed by atoms with Crippen LogP contribution in [0.1, 0.15) is 35.2 Å². The number of carbonyl (C=O) groups is 1. The highest BCUT2D eigenvalue weighted by molar-refractivity contribution is 7.98. The minimum absolute atomic E-state index is 0.00857. The lowest BCUT2D eigenvalue weighted by atomic mass is 10.1. The van der Waals surface area contributed by atoms with E-state index in [9.17, 15) is 9.59 Å². The Balaban J connectivity index is 1.59. The first-order valence-corrected chi connectivity index (χ1v) is 13.3. The van der Waals surface area contributed by atoms with E-state index in [1.165, 1.54) is 11.8 Å². The van der Waals surface area contributed by atoms with Gasteiger partial charge in [-0.3, -0.25) is 14.2 Å². The van der Waals surface area contributed by atoms with E-state index in [0.717, 1.165) is 37.9 Å². The van der Waals surface area contributed by atoms with Crippen LogP contribution in [-0.4, -0.2) is 40.6 Å². The van der Waals surface area contributed by atoms with E-state index in [1.807, 2.05) is 53.4 Å². The first-order valence-electron chi connectivity index (χ1n) is 11.9. The van der Waals surface area contributed by atoms with Crippen molar-refractivity contribution in [3.8, 4) is 11.4 Å². The molecule has 3 aromatic carbocycles. The fourth-order valence-corrected chi connectivity index (χ4v) is 5.48. The minimum atomic E-state index is -0.191. The number of ether oxygens (including phenoxy) is 1. The van der Waals surface area contributed by atoms with Crippen LogP contribution in [0.2, 0.25) is 5.02 Å². The molecule has 36 heavy (non-hydrogen) atoms. The first-order chi connectivity index (χ1) is 17.5. The van der Waals surface area contributed by atoms with Crippen molar-refractivity contribution in [3.63, 3.8) is 0 Å². The van der Waals surface area contributed by atoms with Gasteiger partial charge in [-0.1, -0.05) is 41.6 Å². The molecular weight excluding hydrogens is 494 g/mol. The molecule has 8 heteroatoms. The molecule has 6 nitrogen and oxygen atoms in total. The van der Waals surface area contributed by atoms with Gasteiger partial charge in [-0.2, -0.15) is 0 Å². The summed E-state index contributed by atoms with van der Waals surface area (Å²) in [5.74, 6) is 1.24. The van der Waals surface area contributed by atoms with Crippen LogP contribution in [0.5, 0.6) is 5.75 Å². The third-order valence-electron chi connectivity index (χ3n) is 6.32. The maximum atomic E-state index is 13.7. The lowest BCUT2D eigenvalue weighted by Crippen LogP contribution is -2.35. The Kier molecular flexibility index (Phi) is 7.30. The molecule has 4 aromatic rings. The Bertz CT molecular complexity index is 1460. The van der Waals surface area contributed by atoms with Crippen molar-refractivity contribution in [2.45, 2.75) is 30.2 Å². The molecule has 0 bridgehead atoms. The zero-order valence-electron chi connectivity index (χ0n) is 19.9. The average Bonchev–Trinajstić information content (AvgIpc) is 2.92. The second-order valence-corrected chi connectivity index (χ2v) is 10.1. The van der Waals surface area contributed by atoms with Crippen molar-refractivity contribution >= 4 is 40.2 Å². The summed E-state index contributed by atoms with van der Waals surface area (Å²) in [7, 11) is 1.59. The van der Waals surface area contributed by atoms with Crippen molar-refractivity contribution in [1.82, 2.24) is 14.5 Å². The molecule has 0 radical (unpaired) electrons. The number of fused-ring (bicyclic) bond motifs is 1. The number of likely N-dealkylation sites (tertiary alicyclic amines) is 1. The van der Waals surface area contributed by atoms with Crippen molar-refractivity contribution in [1.29, 1.82) is 0 Å². The molecule has 0 spiro atoms. The Hall–Kier alpha value is -3.29. The number of aromatic nitrogens is 2. The monoisotopic (exact) mass is 519 g/mol. The van der Waals surface area contributed by atoms with E-state index in [4.69, 9.17) is 21.3 Å². The van der Waals surface area contributed by atoms with Gasteiger partial charge in [-0.05, 0) is 67.3 Å². The Morgan fingerprint density at radius 3 is 2.56 bits per heavy atom. The standard InChI is InChI=1S/C28H26ClN3O3S/c1-35-23-7-5-6-22(17-23)32-27(34)24-13-10-20(26(33)31-14-3-2-4-15-31)16-25(24)30-28(32)36-18-19-8-11-21(29)12-9-19/h5-13,16-17H,2-4,14-15,18H2,1H3. The lowest BCUT2D eigenvalue weighted by Gasteiger charge is -2.26. The number of rotatable bonds is 6. The summed E-state index contributed by atoms with van der Waals surface area (Å²) in [5, 5.41) is 1.67. The van der Waals surface area contributed by atoms with Gasteiger partial charge in [0, 0.05) is 35.5 Å². The Morgan fingerprint density at radius 1 is 1.03 bits per heavy atom. The molecule has 1 fully saturated rings. The van der Waals surface area contributed by atoms with Gasteiger partial charge in [0.1, 0.15) is 5.75 Å². The van der Waals surface area contributed by atoms with E-state index in [1.54, 1.807) is 29.9 Å². The fraction of sp³-hybridized carbons (Fsp3) is 0.250. The number of hydrogen-bond acceptors (Lipinski definition) is 5. The summed E-state index contributed by atoms with van der Waals surface area (Å²) in [5.41, 5.74) is 2.61. The maximum absolute atomic E-state index is 13.7. The molecule has 184 valence electrons. The SMILES string of the molecule is COc1cccc(-n2c(SCc3ccc(Cl)cc3)nc3cc(C(=O)N4CCCCC4)ccc3c2=O)c1. The second-order valence-electron chi connectivity index (χ2n) is 8.74. The molecule has 2 heterocycles. The maximum Gasteiger partial charge on any atom is 0.266 e. The molecule has 1 saturated heterocycles.